The smallest absolute Gasteiger partial charge is 0.154 e. The Hall–Kier alpha value is -0.490. The molecule has 0 N–H and O–H groups in total. The quantitative estimate of drug-likeness (QED) is 0.367. The van der Waals surface area contributed by atoms with Gasteiger partial charge in [0.2, 0.25) is 0 Å². The van der Waals surface area contributed by atoms with Gasteiger partial charge in [-0.1, -0.05) is 0 Å². The molecule has 2 saturated heterocycles. The molecular weight excluding hydrogens is 188 g/mol. The molecule has 0 aliphatic carbocycles. The van der Waals surface area contributed by atoms with Gasteiger partial charge >= 0.3 is 0 Å². The predicted molar refractivity (Wildman–Crippen MR) is 47.9 cm³/mol. The van der Waals surface area contributed by atoms with E-state index < -0.39 is 0 Å². The highest BCUT2D eigenvalue weighted by molar-refractivity contribution is 5.59. The van der Waals surface area contributed by atoms with Crippen molar-refractivity contribution in [2.75, 3.05) is 20.8 Å². The van der Waals surface area contributed by atoms with Crippen LogP contribution in [0.1, 0.15) is 6.92 Å². The Morgan fingerprint density at radius 3 is 2.21 bits per heavy atom. The lowest BCUT2D eigenvalue weighted by Gasteiger charge is -2.03. The highest BCUT2D eigenvalue weighted by Gasteiger charge is 2.51. The first kappa shape index (κ1) is 11.6. The van der Waals surface area contributed by atoms with Gasteiger partial charge in [0.1, 0.15) is 18.3 Å². The van der Waals surface area contributed by atoms with Crippen molar-refractivity contribution in [3.63, 3.8) is 0 Å². The van der Waals surface area contributed by atoms with Gasteiger partial charge in [0.25, 0.3) is 0 Å². The van der Waals surface area contributed by atoms with E-state index in [-0.39, 0.29) is 24.6 Å². The van der Waals surface area contributed by atoms with E-state index in [2.05, 4.69) is 9.47 Å². The fourth-order valence-corrected chi connectivity index (χ4v) is 1.09. The molecule has 0 radical (unpaired) electrons. The average molecular weight is 204 g/mol. The number of hydrogen-bond donors (Lipinski definition) is 0. The van der Waals surface area contributed by atoms with Gasteiger partial charge in [-0.25, -0.2) is 0 Å². The Morgan fingerprint density at radius 2 is 2.07 bits per heavy atom. The number of ether oxygens (including phenoxy) is 4. The molecule has 0 spiro atoms. The second kappa shape index (κ2) is 5.41. The van der Waals surface area contributed by atoms with Crippen molar-refractivity contribution >= 4 is 6.29 Å². The topological polar surface area (TPSA) is 57.3 Å². The maximum Gasteiger partial charge on any atom is 0.154 e. The number of carbonyl (C=O) groups excluding carboxylic acids is 1. The van der Waals surface area contributed by atoms with Crippen LogP contribution in [-0.2, 0) is 23.7 Å². The van der Waals surface area contributed by atoms with E-state index in [1.807, 2.05) is 6.92 Å². The van der Waals surface area contributed by atoms with Crippen LogP contribution in [0.3, 0.4) is 0 Å². The van der Waals surface area contributed by atoms with Gasteiger partial charge in [0, 0.05) is 14.2 Å². The van der Waals surface area contributed by atoms with E-state index in [0.717, 1.165) is 6.29 Å². The molecule has 14 heavy (non-hydrogen) atoms. The Bertz CT molecular complexity index is 180. The van der Waals surface area contributed by atoms with Gasteiger partial charge in [-0.05, 0) is 6.92 Å². The number of carbonyl (C=O) groups is 1. The molecule has 0 aromatic rings. The average Bonchev–Trinajstić information content (AvgIpc) is 2.91. The van der Waals surface area contributed by atoms with Crippen LogP contribution in [0, 0.1) is 0 Å². The zero-order chi connectivity index (χ0) is 10.6. The van der Waals surface area contributed by atoms with Gasteiger partial charge in [-0.15, -0.1) is 0 Å². The van der Waals surface area contributed by atoms with E-state index in [9.17, 15) is 4.79 Å². The van der Waals surface area contributed by atoms with Gasteiger partial charge in [-0.3, -0.25) is 0 Å². The minimum absolute atomic E-state index is 0.0648. The van der Waals surface area contributed by atoms with E-state index in [1.54, 1.807) is 14.2 Å². The molecule has 0 amide bonds. The summed E-state index contributed by atoms with van der Waals surface area (Å²) in [5.41, 5.74) is 0. The number of aldehydes is 1. The van der Waals surface area contributed by atoms with Crippen LogP contribution in [0.4, 0.5) is 0 Å². The van der Waals surface area contributed by atoms with Crippen LogP contribution >= 0.6 is 0 Å². The number of rotatable bonds is 3. The Balaban J connectivity index is 0.000000149. The fourth-order valence-electron chi connectivity index (χ4n) is 1.09. The highest BCUT2D eigenvalue weighted by Crippen LogP contribution is 2.32. The summed E-state index contributed by atoms with van der Waals surface area (Å²) in [4.78, 5) is 10.0. The van der Waals surface area contributed by atoms with Gasteiger partial charge in [-0.2, -0.15) is 0 Å². The van der Waals surface area contributed by atoms with Crippen LogP contribution in [0.25, 0.3) is 0 Å². The molecule has 5 nitrogen and oxygen atoms in total. The Morgan fingerprint density at radius 1 is 1.43 bits per heavy atom. The third kappa shape index (κ3) is 3.02. The summed E-state index contributed by atoms with van der Waals surface area (Å²) >= 11 is 0. The predicted octanol–water partition coefficient (Wildman–Crippen LogP) is -0.0233. The van der Waals surface area contributed by atoms with E-state index in [0.29, 0.717) is 6.61 Å². The maximum atomic E-state index is 10.0. The van der Waals surface area contributed by atoms with Crippen molar-refractivity contribution in [2.45, 2.75) is 31.5 Å². The molecule has 2 heterocycles. The molecule has 82 valence electrons. The fraction of sp³-hybridized carbons (Fsp3) is 0.889. The second-order valence-electron chi connectivity index (χ2n) is 3.11. The lowest BCUT2D eigenvalue weighted by atomic mass is 10.3. The van der Waals surface area contributed by atoms with Crippen LogP contribution in [0.2, 0.25) is 0 Å². The lowest BCUT2D eigenvalue weighted by Crippen LogP contribution is -2.15. The van der Waals surface area contributed by atoms with Crippen molar-refractivity contribution in [3.8, 4) is 0 Å². The molecule has 2 rings (SSSR count). The normalized spacial score (nSPS) is 33.3. The molecule has 0 aromatic carbocycles. The Kier molecular flexibility index (Phi) is 4.47. The summed E-state index contributed by atoms with van der Waals surface area (Å²) in [6.07, 6.45) is 0.820. The van der Waals surface area contributed by atoms with Crippen LogP contribution < -0.4 is 0 Å². The summed E-state index contributed by atoms with van der Waals surface area (Å²) in [6, 6.07) is 0. The molecule has 3 atom stereocenters. The number of fused-ring (bicyclic) bond motifs is 1. The maximum absolute atomic E-state index is 10.0. The largest absolute Gasteiger partial charge is 0.365 e. The third-order valence-electron chi connectivity index (χ3n) is 2.20. The molecule has 0 aromatic heterocycles. The first-order valence-corrected chi connectivity index (χ1v) is 4.50. The van der Waals surface area contributed by atoms with Crippen molar-refractivity contribution in [3.05, 3.63) is 0 Å². The van der Waals surface area contributed by atoms with E-state index in [1.165, 1.54) is 0 Å². The first-order chi connectivity index (χ1) is 6.72. The number of hydrogen-bond acceptors (Lipinski definition) is 5. The van der Waals surface area contributed by atoms with Crippen LogP contribution in [0.15, 0.2) is 0 Å². The molecule has 0 unspecified atom stereocenters. The summed E-state index contributed by atoms with van der Waals surface area (Å²) in [6.45, 7) is 2.44. The standard InChI is InChI=1S/C5H6O3.C4H10O2/c6-1-3-5-4(8-5)2-7-3;1-4(5-2)6-3/h1,3-5H,2H2;4H,1-3H3/t3-,4+,5-;/m0./s1. The molecule has 2 fully saturated rings. The highest BCUT2D eigenvalue weighted by atomic mass is 16.7. The molecule has 2 aliphatic heterocycles. The molecule has 0 saturated carbocycles. The molecular formula is C9H16O5. The minimum atomic E-state index is -0.264. The third-order valence-corrected chi connectivity index (χ3v) is 2.20. The summed E-state index contributed by atoms with van der Waals surface area (Å²) in [5, 5.41) is 0. The monoisotopic (exact) mass is 204 g/mol. The van der Waals surface area contributed by atoms with E-state index >= 15 is 0 Å². The van der Waals surface area contributed by atoms with Crippen molar-refractivity contribution in [1.82, 2.24) is 0 Å². The van der Waals surface area contributed by atoms with Gasteiger partial charge in [0.05, 0.1) is 6.61 Å². The van der Waals surface area contributed by atoms with Crippen molar-refractivity contribution in [1.29, 1.82) is 0 Å². The zero-order valence-electron chi connectivity index (χ0n) is 8.64. The summed E-state index contributed by atoms with van der Waals surface area (Å²) in [7, 11) is 3.21. The summed E-state index contributed by atoms with van der Waals surface area (Å²) in [5.74, 6) is 0. The molecule has 0 bridgehead atoms. The number of epoxide rings is 1. The lowest BCUT2D eigenvalue weighted by molar-refractivity contribution is -0.118. The van der Waals surface area contributed by atoms with E-state index in [4.69, 9.17) is 9.47 Å². The van der Waals surface area contributed by atoms with Crippen LogP contribution in [-0.4, -0.2) is 51.7 Å². The Labute approximate surface area is 83.3 Å². The van der Waals surface area contributed by atoms with Crippen molar-refractivity contribution in [2.24, 2.45) is 0 Å². The summed E-state index contributed by atoms with van der Waals surface area (Å²) < 4.78 is 19.3. The minimum Gasteiger partial charge on any atom is -0.365 e. The van der Waals surface area contributed by atoms with Crippen LogP contribution in [0.5, 0.6) is 0 Å². The first-order valence-electron chi connectivity index (χ1n) is 4.50. The second-order valence-corrected chi connectivity index (χ2v) is 3.11. The van der Waals surface area contributed by atoms with Gasteiger partial charge < -0.3 is 23.7 Å². The van der Waals surface area contributed by atoms with Gasteiger partial charge in [0.15, 0.2) is 12.6 Å². The molecule has 5 heteroatoms. The zero-order valence-corrected chi connectivity index (χ0v) is 8.64. The molecule has 2 aliphatic rings. The van der Waals surface area contributed by atoms with Crippen molar-refractivity contribution < 1.29 is 23.7 Å². The number of methoxy groups -OCH3 is 2. The SMILES string of the molecule is COC(C)OC.O=C[C@@H]1OC[C@H]2O[C@@H]12.